The summed E-state index contributed by atoms with van der Waals surface area (Å²) >= 11 is 0. The molecule has 0 saturated carbocycles. The van der Waals surface area contributed by atoms with Gasteiger partial charge in [0.2, 0.25) is 11.8 Å². The van der Waals surface area contributed by atoms with Gasteiger partial charge in [0, 0.05) is 62.8 Å². The first-order chi connectivity index (χ1) is 35.4. The Labute approximate surface area is 430 Å². The van der Waals surface area contributed by atoms with E-state index in [1.54, 1.807) is 0 Å². The van der Waals surface area contributed by atoms with Crippen molar-refractivity contribution < 1.29 is 135 Å². The van der Waals surface area contributed by atoms with Gasteiger partial charge in [-0.15, -0.1) is 0 Å². The third kappa shape index (κ3) is 27.3. The van der Waals surface area contributed by atoms with E-state index in [2.05, 4.69) is 41.2 Å². The average molecular weight is 1220 g/mol. The highest BCUT2D eigenvalue weighted by molar-refractivity contribution is 7.72. The number of phosphoric acid groups is 6. The summed E-state index contributed by atoms with van der Waals surface area (Å²) in [5, 5.41) is 15.5. The molecule has 0 spiro atoms. The Balaban J connectivity index is 1.18. The normalized spacial score (nSPS) is 21.5. The summed E-state index contributed by atoms with van der Waals surface area (Å²) in [6, 6.07) is 0. The lowest BCUT2D eigenvalue weighted by Gasteiger charge is -2.21. The Hall–Kier alpha value is -2.88. The van der Waals surface area contributed by atoms with Crippen molar-refractivity contribution in [1.29, 1.82) is 0 Å². The predicted octanol–water partition coefficient (Wildman–Crippen LogP) is -0.224. The maximum absolute atomic E-state index is 12.3. The van der Waals surface area contributed by atoms with Crippen molar-refractivity contribution in [1.82, 2.24) is 25.1 Å². The Kier molecular flexibility index (Phi) is 28.2. The maximum atomic E-state index is 12.3. The van der Waals surface area contributed by atoms with Crippen LogP contribution in [-0.4, -0.2) is 170 Å². The van der Waals surface area contributed by atoms with Gasteiger partial charge in [0.15, 0.2) is 0 Å². The molecule has 0 radical (unpaired) electrons. The van der Waals surface area contributed by atoms with Crippen molar-refractivity contribution in [3.05, 3.63) is 44.8 Å². The predicted molar refractivity (Wildman–Crippen MR) is 250 cm³/mol. The minimum atomic E-state index is -6.52. The number of ether oxygens (including phenoxy) is 5. The number of aryl methyl sites for hydroxylation is 1. The number of aliphatic hydroxyl groups is 1. The summed E-state index contributed by atoms with van der Waals surface area (Å²) in [7, 11) is -37.1. The first-order valence-corrected chi connectivity index (χ1v) is 31.2. The van der Waals surface area contributed by atoms with Gasteiger partial charge in [0.05, 0.1) is 72.2 Å². The molecule has 4 amide bonds. The van der Waals surface area contributed by atoms with Crippen LogP contribution in [-0.2, 0) is 101 Å². The lowest BCUT2D eigenvalue weighted by atomic mass is 10.2. The fraction of sp³-hybridized carbons (Fsp3) is 0.706. The molecule has 42 heteroatoms. The van der Waals surface area contributed by atoms with Crippen LogP contribution in [0.4, 0.5) is 0 Å². The zero-order chi connectivity index (χ0) is 56.8. The van der Waals surface area contributed by atoms with Crippen LogP contribution in [0.15, 0.2) is 27.9 Å². The molecular weight excluding hydrogens is 1160 g/mol. The minimum Gasteiger partial charge on any atom is -0.390 e. The second-order valence-corrected chi connectivity index (χ2v) is 24.9. The number of hydrogen-bond donors (Lipinski definition) is 10. The molecule has 10 N–H and O–H groups in total. The van der Waals surface area contributed by atoms with Gasteiger partial charge in [0.1, 0.15) is 12.3 Å². The largest absolute Gasteiger partial charge is 0.490 e. The molecule has 7 unspecified atom stereocenters. The van der Waals surface area contributed by atoms with Crippen molar-refractivity contribution >= 4 is 70.6 Å². The van der Waals surface area contributed by atoms with Gasteiger partial charge in [-0.2, -0.15) is 21.6 Å². The van der Waals surface area contributed by atoms with Crippen molar-refractivity contribution in [2.24, 2.45) is 0 Å². The van der Waals surface area contributed by atoms with Crippen LogP contribution < -0.4 is 21.9 Å². The van der Waals surface area contributed by atoms with Gasteiger partial charge in [-0.25, -0.2) is 32.2 Å². The minimum absolute atomic E-state index is 0.00671. The van der Waals surface area contributed by atoms with Crippen molar-refractivity contribution in [2.45, 2.75) is 70.3 Å². The molecule has 1 aromatic rings. The van der Waals surface area contributed by atoms with Crippen molar-refractivity contribution in [2.75, 3.05) is 85.7 Å². The number of unbranched alkanes of at least 4 members (excludes halogenated alkanes) is 3. The molecule has 2 aliphatic rings. The average Bonchev–Trinajstić information content (AvgIpc) is 3.81. The number of nitrogens with one attached hydrogen (secondary N) is 3. The van der Waals surface area contributed by atoms with E-state index in [-0.39, 0.29) is 116 Å². The van der Waals surface area contributed by atoms with E-state index in [0.717, 1.165) is 27.8 Å². The quantitative estimate of drug-likeness (QED) is 0.0231. The van der Waals surface area contributed by atoms with E-state index < -0.39 is 102 Å². The van der Waals surface area contributed by atoms with E-state index in [4.69, 9.17) is 23.7 Å². The number of aliphatic hydroxyl groups excluding tert-OH is 1. The highest BCUT2D eigenvalue weighted by atomic mass is 31.3. The number of rotatable bonds is 40. The summed E-state index contributed by atoms with van der Waals surface area (Å²) < 4.78 is 128. The Bertz CT molecular complexity index is 2540. The Morgan fingerprint density at radius 2 is 1.08 bits per heavy atom. The summed E-state index contributed by atoms with van der Waals surface area (Å²) in [4.78, 5) is 132. The number of phosphoric ester groups is 2. The topological polar surface area (TPSA) is 505 Å². The molecule has 9 atom stereocenters. The molecule has 0 aromatic carbocycles. The third-order valence-corrected chi connectivity index (χ3v) is 18.6. The molecule has 0 bridgehead atoms. The molecular formula is C34H59N5O31P6. The molecule has 76 heavy (non-hydrogen) atoms. The van der Waals surface area contributed by atoms with Crippen molar-refractivity contribution in [3.8, 4) is 0 Å². The van der Waals surface area contributed by atoms with Crippen LogP contribution in [0.1, 0.15) is 56.7 Å². The van der Waals surface area contributed by atoms with E-state index in [1.165, 1.54) is 6.92 Å². The summed E-state index contributed by atoms with van der Waals surface area (Å²) in [5.74, 6) is -1.54. The number of imide groups is 1. The molecule has 1 saturated heterocycles. The van der Waals surface area contributed by atoms with Gasteiger partial charge in [0.25, 0.3) is 17.4 Å². The Morgan fingerprint density at radius 3 is 1.63 bits per heavy atom. The zero-order valence-corrected chi connectivity index (χ0v) is 45.5. The van der Waals surface area contributed by atoms with E-state index in [9.17, 15) is 90.6 Å². The molecule has 1 fully saturated rings. The highest BCUT2D eigenvalue weighted by Crippen LogP contribution is 2.75. The second kappa shape index (κ2) is 31.8. The van der Waals surface area contributed by atoms with Gasteiger partial charge >= 0.3 is 52.6 Å². The number of amides is 4. The lowest BCUT2D eigenvalue weighted by molar-refractivity contribution is -0.137. The number of hydrogen-bond acceptors (Lipinski definition) is 25. The molecule has 2 aliphatic heterocycles. The number of H-pyrrole nitrogens is 1. The SMILES string of the molecule is Cc1cn([C@H]2CC(O)[C@@H](COP(=O)(O)OP(=O)(O)OP(=O)(O)OP(=O)(O)OP(=O)(O)OP(=O)(O)OCCCCCCNC(=O)CCOCCOCCOCCOCCNC(=O)CCN3C(=O)C=CC3=O)O2)c(=O)[nH]c1=O. The zero-order valence-electron chi connectivity index (χ0n) is 40.1. The molecule has 1 aromatic heterocycles. The van der Waals surface area contributed by atoms with Gasteiger partial charge < -0.3 is 68.8 Å². The van der Waals surface area contributed by atoms with E-state index >= 15 is 0 Å². The van der Waals surface area contributed by atoms with E-state index in [0.29, 0.717) is 19.3 Å². The molecule has 36 nitrogen and oxygen atoms in total. The molecule has 3 rings (SSSR count). The van der Waals surface area contributed by atoms with Gasteiger partial charge in [-0.05, 0) is 19.8 Å². The van der Waals surface area contributed by atoms with Crippen LogP contribution >= 0.6 is 46.9 Å². The van der Waals surface area contributed by atoms with Crippen LogP contribution in [0, 0.1) is 6.92 Å². The molecule has 3 heterocycles. The smallest absolute Gasteiger partial charge is 0.390 e. The number of carbonyl (C=O) groups excluding carboxylic acids is 4. The van der Waals surface area contributed by atoms with Gasteiger partial charge in [-0.3, -0.25) is 47.5 Å². The Morgan fingerprint density at radius 1 is 0.618 bits per heavy atom. The summed E-state index contributed by atoms with van der Waals surface area (Å²) in [6.07, 6.45) is 0.0631. The van der Waals surface area contributed by atoms with Crippen molar-refractivity contribution in [3.63, 3.8) is 0 Å². The molecule has 0 aliphatic carbocycles. The second-order valence-electron chi connectivity index (χ2n) is 15.5. The van der Waals surface area contributed by atoms with Crippen LogP contribution in [0.5, 0.6) is 0 Å². The van der Waals surface area contributed by atoms with E-state index in [1.807, 2.05) is 4.98 Å². The number of nitrogens with zero attached hydrogens (tertiary/aromatic N) is 2. The lowest BCUT2D eigenvalue weighted by Crippen LogP contribution is -2.35. The van der Waals surface area contributed by atoms with Gasteiger partial charge in [-0.1, -0.05) is 12.8 Å². The fourth-order valence-electron chi connectivity index (χ4n) is 5.98. The first kappa shape index (κ1) is 67.4. The highest BCUT2D eigenvalue weighted by Gasteiger charge is 2.50. The molecule has 436 valence electrons. The van der Waals surface area contributed by atoms with Crippen LogP contribution in [0.3, 0.4) is 0 Å². The summed E-state index contributed by atoms with van der Waals surface area (Å²) in [6.45, 7) is 2.07. The standard InChI is InChI=1S/C34H59N5O31P6/c1-25-23-39(34(46)37-33(25)45)32-22-26(40)27(65-32)24-64-72(49,50)67-74(53,54)69-76(57,58)70-75(55,56)68-73(51,52)66-71(47,48)63-13-5-3-2-4-10-35-29(42)9-14-59-16-18-61-20-21-62-19-17-60-15-11-36-28(41)8-12-38-30(43)6-7-31(38)44/h6-7,23,26-27,32,40H,2-5,8-22,24H2,1H3,(H,35,42)(H,36,41)(H,47,48)(H,49,50)(H,51,52)(H,53,54)(H,55,56)(H,57,58)(H,37,45,46)/t26?,27-,32-/m1/s1. The monoisotopic (exact) mass is 1220 g/mol. The fourth-order valence-corrected chi connectivity index (χ4v) is 13.8. The van der Waals surface area contributed by atoms with Crippen LogP contribution in [0.2, 0.25) is 0 Å². The maximum Gasteiger partial charge on any atom is 0.490 e. The summed E-state index contributed by atoms with van der Waals surface area (Å²) in [5.41, 5.74) is -1.58. The number of aromatic nitrogens is 2. The third-order valence-electron chi connectivity index (χ3n) is 9.36. The number of aromatic amines is 1. The number of carbonyl (C=O) groups is 4. The van der Waals surface area contributed by atoms with Crippen LogP contribution in [0.25, 0.3) is 0 Å². The first-order valence-electron chi connectivity index (χ1n) is 22.3.